The first-order valence-corrected chi connectivity index (χ1v) is 12.0. The zero-order valence-electron chi connectivity index (χ0n) is 20.8. The highest BCUT2D eigenvalue weighted by Crippen LogP contribution is 2.32. The Morgan fingerprint density at radius 1 is 1.11 bits per heavy atom. The first-order chi connectivity index (χ1) is 18.2. The SMILES string of the molecule is COC1CN(CC(=O)Cc2cc(Oc3ccc4c(c3)nc(Nc3cccc(C(F)(F)F)c3)n4C)ccn2)C1. The van der Waals surface area contributed by atoms with Crippen molar-refractivity contribution in [1.82, 2.24) is 19.4 Å². The van der Waals surface area contributed by atoms with Gasteiger partial charge in [0.15, 0.2) is 5.78 Å². The Labute approximate surface area is 217 Å². The molecule has 2 aromatic heterocycles. The van der Waals surface area contributed by atoms with Crippen LogP contribution in [0.2, 0.25) is 0 Å². The Bertz CT molecular complexity index is 1460. The summed E-state index contributed by atoms with van der Waals surface area (Å²) >= 11 is 0. The van der Waals surface area contributed by atoms with Gasteiger partial charge >= 0.3 is 6.18 Å². The number of benzene rings is 2. The number of likely N-dealkylation sites (tertiary alicyclic amines) is 1. The standard InChI is InChI=1S/C27H26F3N5O3/c1-34-25-7-6-21(13-24(25)33-26(34)32-18-5-3-4-17(10-18)27(28,29)30)38-22-8-9-31-19(12-22)11-20(36)14-35-15-23(16-35)37-2/h3-10,12-13,23H,11,14-16H2,1-2H3,(H,32,33). The molecule has 1 fully saturated rings. The number of aryl methyl sites for hydroxylation is 1. The van der Waals surface area contributed by atoms with Crippen LogP contribution in [0.3, 0.4) is 0 Å². The number of ketones is 1. The normalized spacial score (nSPS) is 14.4. The lowest BCUT2D eigenvalue weighted by Gasteiger charge is -2.37. The van der Waals surface area contributed by atoms with Crippen molar-refractivity contribution in [3.05, 3.63) is 72.1 Å². The maximum atomic E-state index is 13.1. The fourth-order valence-corrected chi connectivity index (χ4v) is 4.32. The number of hydrogen-bond donors (Lipinski definition) is 1. The predicted molar refractivity (Wildman–Crippen MR) is 136 cm³/mol. The van der Waals surface area contributed by atoms with Gasteiger partial charge in [0.05, 0.1) is 41.4 Å². The maximum Gasteiger partial charge on any atom is 0.416 e. The summed E-state index contributed by atoms with van der Waals surface area (Å²) in [5, 5.41) is 2.96. The van der Waals surface area contributed by atoms with Crippen molar-refractivity contribution in [1.29, 1.82) is 0 Å². The number of pyridine rings is 1. The van der Waals surface area contributed by atoms with Gasteiger partial charge in [0.25, 0.3) is 0 Å². The van der Waals surface area contributed by atoms with E-state index in [1.807, 2.05) is 11.0 Å². The highest BCUT2D eigenvalue weighted by atomic mass is 19.4. The molecule has 198 valence electrons. The Balaban J connectivity index is 1.26. The van der Waals surface area contributed by atoms with Crippen LogP contribution in [0, 0.1) is 0 Å². The third kappa shape index (κ3) is 5.79. The van der Waals surface area contributed by atoms with E-state index in [1.54, 1.807) is 55.3 Å². The molecule has 2 aromatic carbocycles. The van der Waals surface area contributed by atoms with Crippen LogP contribution in [-0.4, -0.2) is 58.1 Å². The number of hydrogen-bond acceptors (Lipinski definition) is 7. The van der Waals surface area contributed by atoms with Crippen molar-refractivity contribution in [2.75, 3.05) is 32.1 Å². The lowest BCUT2D eigenvalue weighted by molar-refractivity contribution is -0.137. The summed E-state index contributed by atoms with van der Waals surface area (Å²) in [6.07, 6.45) is -2.44. The molecule has 0 atom stereocenters. The molecule has 1 N–H and O–H groups in total. The number of halogens is 3. The van der Waals surface area contributed by atoms with E-state index in [2.05, 4.69) is 15.3 Å². The predicted octanol–water partition coefficient (Wildman–Crippen LogP) is 4.97. The largest absolute Gasteiger partial charge is 0.457 e. The topological polar surface area (TPSA) is 81.5 Å². The summed E-state index contributed by atoms with van der Waals surface area (Å²) in [7, 11) is 3.44. The van der Waals surface area contributed by atoms with Gasteiger partial charge in [-0.1, -0.05) is 6.07 Å². The first kappa shape index (κ1) is 25.7. The molecule has 0 bridgehead atoms. The molecular formula is C27H26F3N5O3. The minimum absolute atomic E-state index is 0.0694. The number of fused-ring (bicyclic) bond motifs is 1. The molecule has 1 aliphatic heterocycles. The van der Waals surface area contributed by atoms with Crippen molar-refractivity contribution in [3.63, 3.8) is 0 Å². The third-order valence-corrected chi connectivity index (χ3v) is 6.36. The first-order valence-electron chi connectivity index (χ1n) is 12.0. The van der Waals surface area contributed by atoms with Crippen LogP contribution in [0.1, 0.15) is 11.3 Å². The van der Waals surface area contributed by atoms with E-state index in [0.29, 0.717) is 35.2 Å². The molecule has 11 heteroatoms. The quantitative estimate of drug-likeness (QED) is 0.331. The maximum absolute atomic E-state index is 13.1. The molecule has 4 aromatic rings. The average Bonchev–Trinajstić information content (AvgIpc) is 3.15. The highest BCUT2D eigenvalue weighted by molar-refractivity contribution is 5.83. The lowest BCUT2D eigenvalue weighted by Crippen LogP contribution is -2.53. The van der Waals surface area contributed by atoms with Gasteiger partial charge < -0.3 is 19.4 Å². The molecule has 0 unspecified atom stereocenters. The van der Waals surface area contributed by atoms with Crippen molar-refractivity contribution in [3.8, 4) is 11.5 Å². The number of methoxy groups -OCH3 is 1. The summed E-state index contributed by atoms with van der Waals surface area (Å²) < 4.78 is 52.2. The molecule has 0 spiro atoms. The van der Waals surface area contributed by atoms with E-state index in [9.17, 15) is 18.0 Å². The van der Waals surface area contributed by atoms with E-state index in [1.165, 1.54) is 6.07 Å². The Hall–Kier alpha value is -3.96. The Morgan fingerprint density at radius 3 is 2.66 bits per heavy atom. The zero-order valence-corrected chi connectivity index (χ0v) is 20.8. The minimum Gasteiger partial charge on any atom is -0.457 e. The lowest BCUT2D eigenvalue weighted by atomic mass is 10.1. The number of alkyl halides is 3. The second kappa shape index (κ2) is 10.4. The van der Waals surface area contributed by atoms with Gasteiger partial charge in [0.1, 0.15) is 11.5 Å². The number of rotatable bonds is 9. The van der Waals surface area contributed by atoms with Gasteiger partial charge in [0, 0.05) is 51.3 Å². The summed E-state index contributed by atoms with van der Waals surface area (Å²) in [6, 6.07) is 13.7. The zero-order chi connectivity index (χ0) is 26.9. The van der Waals surface area contributed by atoms with E-state index >= 15 is 0 Å². The third-order valence-electron chi connectivity index (χ3n) is 6.36. The van der Waals surface area contributed by atoms with Gasteiger partial charge in [-0.2, -0.15) is 13.2 Å². The fraction of sp³-hybridized carbons (Fsp3) is 0.296. The number of nitrogens with zero attached hydrogens (tertiary/aromatic N) is 4. The second-order valence-electron chi connectivity index (χ2n) is 9.20. The van der Waals surface area contributed by atoms with E-state index < -0.39 is 11.7 Å². The summed E-state index contributed by atoms with van der Waals surface area (Å²) in [5.74, 6) is 1.51. The number of anilines is 2. The number of Topliss-reactive ketones (excluding diaryl/α,β-unsaturated/α-hetero) is 1. The minimum atomic E-state index is -4.43. The summed E-state index contributed by atoms with van der Waals surface area (Å²) in [4.78, 5) is 23.3. The Kier molecular flexibility index (Phi) is 7.04. The second-order valence-corrected chi connectivity index (χ2v) is 9.20. The molecule has 8 nitrogen and oxygen atoms in total. The molecule has 5 rings (SSSR count). The molecule has 3 heterocycles. The van der Waals surface area contributed by atoms with Crippen LogP contribution >= 0.6 is 0 Å². The summed E-state index contributed by atoms with van der Waals surface area (Å²) in [6.45, 7) is 1.87. The highest BCUT2D eigenvalue weighted by Gasteiger charge is 2.30. The van der Waals surface area contributed by atoms with Crippen LogP contribution in [-0.2, 0) is 29.2 Å². The van der Waals surface area contributed by atoms with Crippen molar-refractivity contribution < 1.29 is 27.4 Å². The molecule has 0 saturated carbocycles. The van der Waals surface area contributed by atoms with Gasteiger partial charge in [-0.05, 0) is 36.4 Å². The van der Waals surface area contributed by atoms with E-state index in [4.69, 9.17) is 9.47 Å². The van der Waals surface area contributed by atoms with Gasteiger partial charge in [0.2, 0.25) is 5.95 Å². The number of carbonyl (C=O) groups is 1. The molecule has 0 amide bonds. The monoisotopic (exact) mass is 525 g/mol. The van der Waals surface area contributed by atoms with Crippen LogP contribution in [0.25, 0.3) is 11.0 Å². The number of carbonyl (C=O) groups excluding carboxylic acids is 1. The molecule has 1 aliphatic rings. The van der Waals surface area contributed by atoms with Crippen molar-refractivity contribution in [2.45, 2.75) is 18.7 Å². The Morgan fingerprint density at radius 2 is 1.89 bits per heavy atom. The molecule has 0 radical (unpaired) electrons. The number of nitrogens with one attached hydrogen (secondary N) is 1. The summed E-state index contributed by atoms with van der Waals surface area (Å²) in [5.41, 5.74) is 1.53. The molecule has 0 aliphatic carbocycles. The van der Waals surface area contributed by atoms with Crippen LogP contribution in [0.4, 0.5) is 24.8 Å². The van der Waals surface area contributed by atoms with Crippen LogP contribution in [0.5, 0.6) is 11.5 Å². The number of aromatic nitrogens is 3. The molecule has 38 heavy (non-hydrogen) atoms. The number of imidazole rings is 1. The van der Waals surface area contributed by atoms with Crippen molar-refractivity contribution in [2.24, 2.45) is 7.05 Å². The van der Waals surface area contributed by atoms with E-state index in [0.717, 1.165) is 30.7 Å². The van der Waals surface area contributed by atoms with Gasteiger partial charge in [-0.3, -0.25) is 14.7 Å². The number of ether oxygens (including phenoxy) is 2. The molecule has 1 saturated heterocycles. The van der Waals surface area contributed by atoms with Crippen LogP contribution in [0.15, 0.2) is 60.8 Å². The van der Waals surface area contributed by atoms with Crippen molar-refractivity contribution >= 4 is 28.5 Å². The molecular weight excluding hydrogens is 499 g/mol. The average molecular weight is 526 g/mol. The fourth-order valence-electron chi connectivity index (χ4n) is 4.32. The van der Waals surface area contributed by atoms with Crippen LogP contribution < -0.4 is 10.1 Å². The smallest absolute Gasteiger partial charge is 0.416 e. The van der Waals surface area contributed by atoms with Gasteiger partial charge in [-0.25, -0.2) is 4.98 Å². The van der Waals surface area contributed by atoms with E-state index in [-0.39, 0.29) is 24.0 Å². The van der Waals surface area contributed by atoms with Gasteiger partial charge in [-0.15, -0.1) is 0 Å².